The minimum atomic E-state index is 0.748. The van der Waals surface area contributed by atoms with Gasteiger partial charge < -0.3 is 4.90 Å². The number of allylic oxidation sites excluding steroid dienone is 4. The van der Waals surface area contributed by atoms with Crippen molar-refractivity contribution in [1.82, 2.24) is 4.90 Å². The number of fused-ring (bicyclic) bond motifs is 1. The molecule has 0 bridgehead atoms. The van der Waals surface area contributed by atoms with Crippen LogP contribution in [0.4, 0.5) is 0 Å². The first-order valence-corrected chi connectivity index (χ1v) is 7.85. The second-order valence-electron chi connectivity index (χ2n) is 5.46. The Bertz CT molecular complexity index is 893. The third kappa shape index (κ3) is 2.80. The van der Waals surface area contributed by atoms with Crippen molar-refractivity contribution in [1.29, 1.82) is 0 Å². The Hall–Kier alpha value is -2.73. The Balaban J connectivity index is 1.71. The molecule has 0 saturated carbocycles. The van der Waals surface area contributed by atoms with Crippen LogP contribution in [0.15, 0.2) is 96.7 Å². The van der Waals surface area contributed by atoms with E-state index in [1.807, 2.05) is 36.4 Å². The van der Waals surface area contributed by atoms with Gasteiger partial charge in [-0.25, -0.2) is 0 Å². The highest BCUT2D eigenvalue weighted by molar-refractivity contribution is 6.30. The highest BCUT2D eigenvalue weighted by atomic mass is 35.5. The second kappa shape index (κ2) is 5.81. The first-order valence-electron chi connectivity index (χ1n) is 7.48. The van der Waals surface area contributed by atoms with Gasteiger partial charge in [-0.2, -0.15) is 0 Å². The van der Waals surface area contributed by atoms with Gasteiger partial charge in [0.25, 0.3) is 0 Å². The van der Waals surface area contributed by atoms with Gasteiger partial charge in [-0.15, -0.1) is 0 Å². The van der Waals surface area contributed by atoms with Gasteiger partial charge in [0.2, 0.25) is 0 Å². The Labute approximate surface area is 140 Å². The van der Waals surface area contributed by atoms with Gasteiger partial charge in [-0.3, -0.25) is 0 Å². The zero-order valence-corrected chi connectivity index (χ0v) is 13.2. The van der Waals surface area contributed by atoms with Crippen LogP contribution in [0, 0.1) is 0 Å². The molecule has 0 atom stereocenters. The third-order valence-electron chi connectivity index (χ3n) is 3.92. The predicted octanol–water partition coefficient (Wildman–Crippen LogP) is 5.65. The number of rotatable bonds is 2. The predicted molar refractivity (Wildman–Crippen MR) is 96.4 cm³/mol. The average Bonchev–Trinajstić information content (AvgIpc) is 2.62. The number of halogens is 1. The molecule has 2 aliphatic rings. The molecule has 0 amide bonds. The molecule has 0 spiro atoms. The van der Waals surface area contributed by atoms with Crippen LogP contribution in [0.3, 0.4) is 0 Å². The van der Waals surface area contributed by atoms with Crippen molar-refractivity contribution in [2.24, 2.45) is 0 Å². The molecule has 0 N–H and O–H groups in total. The number of benzene rings is 2. The average molecular weight is 316 g/mol. The van der Waals surface area contributed by atoms with Crippen LogP contribution in [-0.4, -0.2) is 4.90 Å². The smallest absolute Gasteiger partial charge is 0.0881 e. The van der Waals surface area contributed by atoms with E-state index < -0.39 is 0 Å². The van der Waals surface area contributed by atoms with Gasteiger partial charge in [0.1, 0.15) is 0 Å². The van der Waals surface area contributed by atoms with Gasteiger partial charge >= 0.3 is 0 Å². The first-order chi connectivity index (χ1) is 11.3. The Kier molecular flexibility index (Phi) is 3.51. The maximum absolute atomic E-state index is 5.97. The quantitative estimate of drug-likeness (QED) is 0.648. The monoisotopic (exact) mass is 315 g/mol. The van der Waals surface area contributed by atoms with E-state index in [-0.39, 0.29) is 0 Å². The van der Waals surface area contributed by atoms with Gasteiger partial charge in [0.15, 0.2) is 0 Å². The summed E-state index contributed by atoms with van der Waals surface area (Å²) >= 11 is 5.97. The van der Waals surface area contributed by atoms with E-state index in [0.717, 1.165) is 21.9 Å². The molecule has 0 unspecified atom stereocenters. The molecular formula is C21H14ClN. The van der Waals surface area contributed by atoms with E-state index in [9.17, 15) is 0 Å². The maximum Gasteiger partial charge on any atom is 0.0881 e. The SMILES string of the molecule is Clc1ccc(C2=CN3C=C(c4ccccc4)C=CC3=C=C2)cc1. The van der Waals surface area contributed by atoms with Crippen LogP contribution >= 0.6 is 11.6 Å². The normalized spacial score (nSPS) is 15.7. The summed E-state index contributed by atoms with van der Waals surface area (Å²) in [6, 6.07) is 18.3. The highest BCUT2D eigenvalue weighted by Gasteiger charge is 2.13. The zero-order valence-electron chi connectivity index (χ0n) is 12.4. The van der Waals surface area contributed by atoms with Crippen molar-refractivity contribution in [3.63, 3.8) is 0 Å². The van der Waals surface area contributed by atoms with Gasteiger partial charge in [0, 0.05) is 23.0 Å². The minimum Gasteiger partial charge on any atom is -0.316 e. The number of hydrogen-bond acceptors (Lipinski definition) is 1. The lowest BCUT2D eigenvalue weighted by molar-refractivity contribution is 0.649. The second-order valence-corrected chi connectivity index (χ2v) is 5.89. The van der Waals surface area contributed by atoms with E-state index in [1.54, 1.807) is 0 Å². The number of nitrogens with zero attached hydrogens (tertiary/aromatic N) is 1. The molecule has 110 valence electrons. The lowest BCUT2D eigenvalue weighted by atomic mass is 10.0. The molecule has 0 aromatic heterocycles. The summed E-state index contributed by atoms with van der Waals surface area (Å²) in [6.07, 6.45) is 10.5. The van der Waals surface area contributed by atoms with Crippen LogP contribution in [-0.2, 0) is 0 Å². The Morgan fingerprint density at radius 2 is 1.43 bits per heavy atom. The summed E-state index contributed by atoms with van der Waals surface area (Å²) < 4.78 is 0. The molecule has 2 heterocycles. The van der Waals surface area contributed by atoms with Crippen molar-refractivity contribution >= 4 is 22.7 Å². The highest BCUT2D eigenvalue weighted by Crippen LogP contribution is 2.29. The van der Waals surface area contributed by atoms with Gasteiger partial charge in [-0.05, 0) is 41.0 Å². The summed E-state index contributed by atoms with van der Waals surface area (Å²) in [5, 5.41) is 0.748. The molecule has 2 aromatic carbocycles. The lowest BCUT2D eigenvalue weighted by Crippen LogP contribution is -2.13. The molecule has 0 saturated heterocycles. The number of hydrogen-bond donors (Lipinski definition) is 0. The molecular weight excluding hydrogens is 302 g/mol. The molecule has 0 fully saturated rings. The van der Waals surface area contributed by atoms with E-state index in [2.05, 4.69) is 59.4 Å². The maximum atomic E-state index is 5.97. The van der Waals surface area contributed by atoms with Crippen LogP contribution < -0.4 is 0 Å². The summed E-state index contributed by atoms with van der Waals surface area (Å²) in [5.41, 5.74) is 9.02. The summed E-state index contributed by atoms with van der Waals surface area (Å²) in [4.78, 5) is 2.12. The van der Waals surface area contributed by atoms with Gasteiger partial charge in [0.05, 0.1) is 5.70 Å². The van der Waals surface area contributed by atoms with E-state index >= 15 is 0 Å². The van der Waals surface area contributed by atoms with Crippen molar-refractivity contribution in [3.8, 4) is 0 Å². The molecule has 0 radical (unpaired) electrons. The lowest BCUT2D eigenvalue weighted by Gasteiger charge is -2.24. The zero-order chi connectivity index (χ0) is 15.6. The fourth-order valence-corrected chi connectivity index (χ4v) is 2.81. The minimum absolute atomic E-state index is 0.748. The third-order valence-corrected chi connectivity index (χ3v) is 4.17. The largest absolute Gasteiger partial charge is 0.316 e. The van der Waals surface area contributed by atoms with Crippen molar-refractivity contribution in [2.45, 2.75) is 0 Å². The molecule has 0 aliphatic carbocycles. The van der Waals surface area contributed by atoms with E-state index in [4.69, 9.17) is 11.6 Å². The standard InChI is InChI=1S/C21H14ClN/c22-20-10-6-17(7-11-20)19-9-13-21-12-8-18(14-23(21)15-19)16-4-2-1-3-5-16/h1-12,14-15H. The van der Waals surface area contributed by atoms with Crippen molar-refractivity contribution in [3.05, 3.63) is 113 Å². The molecule has 23 heavy (non-hydrogen) atoms. The molecule has 2 heteroatoms. The fourth-order valence-electron chi connectivity index (χ4n) is 2.69. The van der Waals surface area contributed by atoms with Crippen LogP contribution in [0.2, 0.25) is 5.02 Å². The van der Waals surface area contributed by atoms with Crippen LogP contribution in [0.5, 0.6) is 0 Å². The molecule has 1 nitrogen and oxygen atoms in total. The molecule has 2 aromatic rings. The summed E-state index contributed by atoms with van der Waals surface area (Å²) in [7, 11) is 0. The fraction of sp³-hybridized carbons (Fsp3) is 0. The Morgan fingerprint density at radius 1 is 0.739 bits per heavy atom. The van der Waals surface area contributed by atoms with E-state index in [1.165, 1.54) is 11.1 Å². The van der Waals surface area contributed by atoms with Crippen LogP contribution in [0.25, 0.3) is 11.1 Å². The molecule has 2 aliphatic heterocycles. The van der Waals surface area contributed by atoms with Gasteiger partial charge in [-0.1, -0.05) is 65.9 Å². The first kappa shape index (κ1) is 13.9. The summed E-state index contributed by atoms with van der Waals surface area (Å²) in [6.45, 7) is 0. The topological polar surface area (TPSA) is 3.24 Å². The van der Waals surface area contributed by atoms with Crippen molar-refractivity contribution < 1.29 is 0 Å². The van der Waals surface area contributed by atoms with Crippen molar-refractivity contribution in [2.75, 3.05) is 0 Å². The van der Waals surface area contributed by atoms with Crippen LogP contribution in [0.1, 0.15) is 11.1 Å². The molecule has 4 rings (SSSR count). The van der Waals surface area contributed by atoms with E-state index in [0.29, 0.717) is 0 Å². The Morgan fingerprint density at radius 3 is 2.22 bits per heavy atom. The summed E-state index contributed by atoms with van der Waals surface area (Å²) in [5.74, 6) is 0.